The molecule has 1 aromatic carbocycles. The highest BCUT2D eigenvalue weighted by Crippen LogP contribution is 2.36. The summed E-state index contributed by atoms with van der Waals surface area (Å²) in [5, 5.41) is 17.3. The summed E-state index contributed by atoms with van der Waals surface area (Å²) in [4.78, 5) is 4.42. The highest BCUT2D eigenvalue weighted by atomic mass is 19.1. The Hall–Kier alpha value is -3.72. The Balaban J connectivity index is 1.72. The van der Waals surface area contributed by atoms with Gasteiger partial charge in [0.2, 0.25) is 0 Å². The number of anilines is 1. The van der Waals surface area contributed by atoms with Crippen LogP contribution >= 0.6 is 0 Å². The first-order valence-electron chi connectivity index (χ1n) is 9.13. The highest BCUT2D eigenvalue weighted by molar-refractivity contribution is 5.92. The van der Waals surface area contributed by atoms with Crippen molar-refractivity contribution in [2.24, 2.45) is 0 Å². The van der Waals surface area contributed by atoms with Crippen molar-refractivity contribution in [3.63, 3.8) is 0 Å². The molecule has 0 saturated heterocycles. The molecule has 1 N–H and O–H groups in total. The van der Waals surface area contributed by atoms with E-state index in [1.807, 2.05) is 18.2 Å². The Morgan fingerprint density at radius 3 is 2.64 bits per heavy atom. The lowest BCUT2D eigenvalue weighted by atomic mass is 10.0. The molecular formula is C22H16FN5. The van der Waals surface area contributed by atoms with Crippen molar-refractivity contribution >= 4 is 11.3 Å². The molecule has 3 aromatic heterocycles. The van der Waals surface area contributed by atoms with E-state index in [1.165, 1.54) is 25.0 Å². The molecule has 0 radical (unpaired) electrons. The fraction of sp³-hybridized carbons (Fsp3) is 0.136. The molecule has 0 aliphatic heterocycles. The van der Waals surface area contributed by atoms with Crippen LogP contribution in [-0.4, -0.2) is 20.6 Å². The van der Waals surface area contributed by atoms with Crippen LogP contribution in [0.3, 0.4) is 0 Å². The smallest absolute Gasteiger partial charge is 0.126 e. The lowest BCUT2D eigenvalue weighted by molar-refractivity contribution is 0.628. The number of hydrogen-bond donors (Lipinski definition) is 1. The van der Waals surface area contributed by atoms with Crippen LogP contribution in [0.15, 0.2) is 60.9 Å². The number of nitrogens with zero attached hydrogens (tertiary/aromatic N) is 4. The van der Waals surface area contributed by atoms with Crippen molar-refractivity contribution in [3.05, 3.63) is 72.3 Å². The summed E-state index contributed by atoms with van der Waals surface area (Å²) in [5.74, 6) is 0.540. The van der Waals surface area contributed by atoms with Gasteiger partial charge >= 0.3 is 0 Å². The van der Waals surface area contributed by atoms with Gasteiger partial charge in [-0.3, -0.25) is 0 Å². The fourth-order valence-corrected chi connectivity index (χ4v) is 3.31. The minimum Gasteiger partial charge on any atom is -0.367 e. The van der Waals surface area contributed by atoms with Gasteiger partial charge in [0.15, 0.2) is 0 Å². The predicted molar refractivity (Wildman–Crippen MR) is 105 cm³/mol. The quantitative estimate of drug-likeness (QED) is 0.569. The Morgan fingerprint density at radius 1 is 1.07 bits per heavy atom. The first-order valence-corrected chi connectivity index (χ1v) is 9.13. The molecule has 5 nitrogen and oxygen atoms in total. The molecule has 0 unspecified atom stereocenters. The zero-order valence-electron chi connectivity index (χ0n) is 14.9. The number of rotatable bonds is 4. The van der Waals surface area contributed by atoms with Gasteiger partial charge in [-0.1, -0.05) is 0 Å². The largest absolute Gasteiger partial charge is 0.367 e. The molecule has 6 heteroatoms. The van der Waals surface area contributed by atoms with Crippen LogP contribution in [0, 0.1) is 17.1 Å². The van der Waals surface area contributed by atoms with Gasteiger partial charge in [0.25, 0.3) is 0 Å². The molecule has 1 fully saturated rings. The van der Waals surface area contributed by atoms with Crippen molar-refractivity contribution < 1.29 is 4.39 Å². The number of fused-ring (bicyclic) bond motifs is 1. The van der Waals surface area contributed by atoms with E-state index in [9.17, 15) is 9.65 Å². The normalized spacial score (nSPS) is 13.4. The van der Waals surface area contributed by atoms with Crippen molar-refractivity contribution in [2.45, 2.75) is 18.9 Å². The molecule has 0 bridgehead atoms. The first kappa shape index (κ1) is 16.5. The molecule has 1 aliphatic rings. The standard InChI is InChI=1S/C22H16FN5/c23-17-4-2-15(3-5-17)22-21(19-8-1-14(12-24)13-28(19)27-22)16-9-10-25-20(11-16)26-18-6-7-18/h1-5,8-11,13,18H,6-7H2,(H,25,26). The summed E-state index contributed by atoms with van der Waals surface area (Å²) < 4.78 is 15.1. The van der Waals surface area contributed by atoms with Crippen molar-refractivity contribution in [1.29, 1.82) is 5.26 Å². The van der Waals surface area contributed by atoms with Crippen LogP contribution in [0.5, 0.6) is 0 Å². The predicted octanol–water partition coefficient (Wildman–Crippen LogP) is 4.65. The molecule has 136 valence electrons. The third kappa shape index (κ3) is 2.97. The molecule has 0 atom stereocenters. The lowest BCUT2D eigenvalue weighted by Gasteiger charge is -2.08. The molecule has 3 heterocycles. The zero-order valence-corrected chi connectivity index (χ0v) is 14.9. The maximum atomic E-state index is 13.4. The lowest BCUT2D eigenvalue weighted by Crippen LogP contribution is -2.02. The van der Waals surface area contributed by atoms with Crippen molar-refractivity contribution in [3.8, 4) is 28.5 Å². The molecule has 4 aromatic rings. The fourth-order valence-electron chi connectivity index (χ4n) is 3.31. The maximum Gasteiger partial charge on any atom is 0.126 e. The topological polar surface area (TPSA) is 66.0 Å². The summed E-state index contributed by atoms with van der Waals surface area (Å²) in [5.41, 5.74) is 4.85. The minimum absolute atomic E-state index is 0.291. The second kappa shape index (κ2) is 6.46. The van der Waals surface area contributed by atoms with Gasteiger partial charge in [-0.25, -0.2) is 13.9 Å². The van der Waals surface area contributed by atoms with E-state index in [0.717, 1.165) is 33.7 Å². The first-order chi connectivity index (χ1) is 13.7. The zero-order chi connectivity index (χ0) is 19.1. The summed E-state index contributed by atoms with van der Waals surface area (Å²) in [6.07, 6.45) is 5.82. The van der Waals surface area contributed by atoms with Gasteiger partial charge < -0.3 is 5.32 Å². The van der Waals surface area contributed by atoms with E-state index in [2.05, 4.69) is 16.4 Å². The number of halogens is 1. The number of nitriles is 1. The molecule has 28 heavy (non-hydrogen) atoms. The molecule has 1 saturated carbocycles. The number of pyridine rings is 2. The second-order valence-corrected chi connectivity index (χ2v) is 6.94. The van der Waals surface area contributed by atoms with Crippen LogP contribution in [0.4, 0.5) is 10.2 Å². The Bertz CT molecular complexity index is 1220. The van der Waals surface area contributed by atoms with E-state index in [1.54, 1.807) is 35.1 Å². The average molecular weight is 369 g/mol. The van der Waals surface area contributed by atoms with Crippen molar-refractivity contribution in [2.75, 3.05) is 5.32 Å². The van der Waals surface area contributed by atoms with Crippen LogP contribution in [0.2, 0.25) is 0 Å². The number of benzene rings is 1. The number of aromatic nitrogens is 3. The van der Waals surface area contributed by atoms with E-state index in [-0.39, 0.29) is 5.82 Å². The maximum absolute atomic E-state index is 13.4. The Labute approximate surface area is 161 Å². The van der Waals surface area contributed by atoms with Crippen LogP contribution in [-0.2, 0) is 0 Å². The minimum atomic E-state index is -0.291. The third-order valence-electron chi connectivity index (χ3n) is 4.85. The van der Waals surface area contributed by atoms with Gasteiger partial charge in [0.05, 0.1) is 11.1 Å². The molecule has 1 aliphatic carbocycles. The van der Waals surface area contributed by atoms with Crippen LogP contribution in [0.1, 0.15) is 18.4 Å². The van der Waals surface area contributed by atoms with Gasteiger partial charge in [0.1, 0.15) is 23.4 Å². The summed E-state index contributed by atoms with van der Waals surface area (Å²) in [6, 6.07) is 16.6. The van der Waals surface area contributed by atoms with Gasteiger partial charge in [-0.2, -0.15) is 10.4 Å². The Kier molecular flexibility index (Phi) is 3.80. The van der Waals surface area contributed by atoms with E-state index in [4.69, 9.17) is 5.10 Å². The van der Waals surface area contributed by atoms with E-state index < -0.39 is 0 Å². The Morgan fingerprint density at radius 2 is 1.89 bits per heavy atom. The SMILES string of the molecule is N#Cc1ccc2c(-c3ccnc(NC4CC4)c3)c(-c3ccc(F)cc3)nn2c1. The molecule has 0 amide bonds. The second-order valence-electron chi connectivity index (χ2n) is 6.94. The third-order valence-corrected chi connectivity index (χ3v) is 4.85. The molecule has 5 rings (SSSR count). The van der Waals surface area contributed by atoms with Gasteiger partial charge in [-0.05, 0) is 66.9 Å². The monoisotopic (exact) mass is 369 g/mol. The summed E-state index contributed by atoms with van der Waals surface area (Å²) in [6.45, 7) is 0. The highest BCUT2D eigenvalue weighted by Gasteiger charge is 2.22. The van der Waals surface area contributed by atoms with Gasteiger partial charge in [0, 0.05) is 29.6 Å². The van der Waals surface area contributed by atoms with Crippen molar-refractivity contribution in [1.82, 2.24) is 14.6 Å². The number of nitrogens with one attached hydrogen (secondary N) is 1. The van der Waals surface area contributed by atoms with Crippen LogP contribution in [0.25, 0.3) is 27.9 Å². The average Bonchev–Trinajstić information content (AvgIpc) is 3.45. The molecule has 0 spiro atoms. The molecular weight excluding hydrogens is 353 g/mol. The summed E-state index contributed by atoms with van der Waals surface area (Å²) in [7, 11) is 0. The van der Waals surface area contributed by atoms with E-state index in [0.29, 0.717) is 11.6 Å². The van der Waals surface area contributed by atoms with Crippen LogP contribution < -0.4 is 5.32 Å². The number of hydrogen-bond acceptors (Lipinski definition) is 4. The van der Waals surface area contributed by atoms with E-state index >= 15 is 0 Å². The summed E-state index contributed by atoms with van der Waals surface area (Å²) >= 11 is 0. The van der Waals surface area contributed by atoms with Gasteiger partial charge in [-0.15, -0.1) is 0 Å².